The summed E-state index contributed by atoms with van der Waals surface area (Å²) in [7, 11) is 0. The van der Waals surface area contributed by atoms with Crippen molar-refractivity contribution in [1.29, 1.82) is 0 Å². The van der Waals surface area contributed by atoms with Gasteiger partial charge in [-0.05, 0) is 52.2 Å². The number of carbonyl (C=O) groups excluding carboxylic acids is 1. The fraction of sp³-hybridized carbons (Fsp3) is 0.583. The topological polar surface area (TPSA) is 30.2 Å². The fourth-order valence-corrected chi connectivity index (χ4v) is 2.64. The number of halogens is 1. The van der Waals surface area contributed by atoms with Crippen LogP contribution in [0.15, 0.2) is 21.4 Å². The van der Waals surface area contributed by atoms with Crippen molar-refractivity contribution in [1.82, 2.24) is 0 Å². The SMILES string of the molecule is CC1CCC(=O)CC1Cc1coc(Br)c1. The Morgan fingerprint density at radius 3 is 3.07 bits per heavy atom. The summed E-state index contributed by atoms with van der Waals surface area (Å²) in [6, 6.07) is 1.99. The molecule has 1 saturated carbocycles. The first kappa shape index (κ1) is 10.9. The van der Waals surface area contributed by atoms with Crippen molar-refractivity contribution in [2.24, 2.45) is 11.8 Å². The Balaban J connectivity index is 2.01. The smallest absolute Gasteiger partial charge is 0.169 e. The van der Waals surface area contributed by atoms with Crippen molar-refractivity contribution < 1.29 is 9.21 Å². The average Bonchev–Trinajstić information content (AvgIpc) is 2.58. The minimum absolute atomic E-state index is 0.417. The van der Waals surface area contributed by atoms with Gasteiger partial charge in [0.25, 0.3) is 0 Å². The van der Waals surface area contributed by atoms with Gasteiger partial charge in [0.2, 0.25) is 0 Å². The van der Waals surface area contributed by atoms with Gasteiger partial charge in [0, 0.05) is 12.8 Å². The summed E-state index contributed by atoms with van der Waals surface area (Å²) in [5.74, 6) is 1.56. The van der Waals surface area contributed by atoms with Crippen LogP contribution in [0.1, 0.15) is 31.7 Å². The summed E-state index contributed by atoms with van der Waals surface area (Å²) in [6.45, 7) is 2.24. The molecule has 3 heteroatoms. The Hall–Kier alpha value is -0.570. The second-order valence-electron chi connectivity index (χ2n) is 4.48. The molecule has 1 heterocycles. The summed E-state index contributed by atoms with van der Waals surface area (Å²) < 4.78 is 5.97. The van der Waals surface area contributed by atoms with Crippen molar-refractivity contribution in [3.8, 4) is 0 Å². The lowest BCUT2D eigenvalue weighted by Crippen LogP contribution is -2.24. The third-order valence-electron chi connectivity index (χ3n) is 3.29. The van der Waals surface area contributed by atoms with Gasteiger partial charge in [-0.25, -0.2) is 0 Å². The Kier molecular flexibility index (Phi) is 3.29. The van der Waals surface area contributed by atoms with Crippen LogP contribution in [0.5, 0.6) is 0 Å². The van der Waals surface area contributed by atoms with E-state index in [2.05, 4.69) is 22.9 Å². The van der Waals surface area contributed by atoms with Gasteiger partial charge < -0.3 is 4.42 Å². The van der Waals surface area contributed by atoms with Gasteiger partial charge in [0.15, 0.2) is 4.67 Å². The molecule has 0 spiro atoms. The minimum atomic E-state index is 0.417. The van der Waals surface area contributed by atoms with E-state index in [0.29, 0.717) is 17.6 Å². The molecule has 0 amide bonds. The third kappa shape index (κ3) is 2.71. The molecular formula is C12H15BrO2. The Morgan fingerprint density at radius 2 is 2.40 bits per heavy atom. The molecule has 2 atom stereocenters. The van der Waals surface area contributed by atoms with Crippen molar-refractivity contribution in [3.05, 3.63) is 22.6 Å². The zero-order chi connectivity index (χ0) is 10.8. The highest BCUT2D eigenvalue weighted by Crippen LogP contribution is 2.31. The second-order valence-corrected chi connectivity index (χ2v) is 5.26. The van der Waals surface area contributed by atoms with Crippen LogP contribution in [-0.2, 0) is 11.2 Å². The molecule has 1 aromatic rings. The monoisotopic (exact) mass is 270 g/mol. The van der Waals surface area contributed by atoms with E-state index in [1.165, 1.54) is 5.56 Å². The fourth-order valence-electron chi connectivity index (χ4n) is 2.25. The molecule has 1 aromatic heterocycles. The summed E-state index contributed by atoms with van der Waals surface area (Å²) >= 11 is 3.29. The van der Waals surface area contributed by atoms with Crippen LogP contribution in [0.25, 0.3) is 0 Å². The van der Waals surface area contributed by atoms with Gasteiger partial charge in [-0.2, -0.15) is 0 Å². The van der Waals surface area contributed by atoms with Crippen LogP contribution in [0.2, 0.25) is 0 Å². The second kappa shape index (κ2) is 4.52. The first-order chi connectivity index (χ1) is 7.15. The van der Waals surface area contributed by atoms with Gasteiger partial charge in [-0.1, -0.05) is 6.92 Å². The molecule has 2 unspecified atom stereocenters. The number of hydrogen-bond acceptors (Lipinski definition) is 2. The molecule has 1 aliphatic carbocycles. The van der Waals surface area contributed by atoms with E-state index in [4.69, 9.17) is 4.42 Å². The predicted molar refractivity (Wildman–Crippen MR) is 61.6 cm³/mol. The summed E-state index contributed by atoms with van der Waals surface area (Å²) in [6.07, 6.45) is 5.29. The molecule has 0 N–H and O–H groups in total. The predicted octanol–water partition coefficient (Wildman–Crippen LogP) is 3.59. The van der Waals surface area contributed by atoms with Crippen LogP contribution >= 0.6 is 15.9 Å². The molecule has 82 valence electrons. The van der Waals surface area contributed by atoms with E-state index >= 15 is 0 Å². The lowest BCUT2D eigenvalue weighted by molar-refractivity contribution is -0.122. The highest BCUT2D eigenvalue weighted by molar-refractivity contribution is 9.10. The van der Waals surface area contributed by atoms with E-state index in [9.17, 15) is 4.79 Å². The molecular weight excluding hydrogens is 256 g/mol. The number of rotatable bonds is 2. The van der Waals surface area contributed by atoms with E-state index in [0.717, 1.165) is 30.4 Å². The number of hydrogen-bond donors (Lipinski definition) is 0. The van der Waals surface area contributed by atoms with Crippen molar-refractivity contribution in [2.75, 3.05) is 0 Å². The number of Topliss-reactive ketones (excluding diaryl/α,β-unsaturated/α-hetero) is 1. The van der Waals surface area contributed by atoms with Gasteiger partial charge in [0.05, 0.1) is 6.26 Å². The van der Waals surface area contributed by atoms with Gasteiger partial charge >= 0.3 is 0 Å². The largest absolute Gasteiger partial charge is 0.457 e. The lowest BCUT2D eigenvalue weighted by atomic mass is 9.77. The average molecular weight is 271 g/mol. The Bertz CT molecular complexity index is 356. The van der Waals surface area contributed by atoms with Gasteiger partial charge in [-0.3, -0.25) is 4.79 Å². The quantitative estimate of drug-likeness (QED) is 0.822. The zero-order valence-electron chi connectivity index (χ0n) is 8.83. The van der Waals surface area contributed by atoms with Crippen LogP contribution in [0.3, 0.4) is 0 Å². The normalized spacial score (nSPS) is 26.9. The van der Waals surface area contributed by atoms with Crippen molar-refractivity contribution >= 4 is 21.7 Å². The third-order valence-corrected chi connectivity index (χ3v) is 3.71. The molecule has 1 aliphatic rings. The highest BCUT2D eigenvalue weighted by atomic mass is 79.9. The maximum absolute atomic E-state index is 11.4. The highest BCUT2D eigenvalue weighted by Gasteiger charge is 2.26. The van der Waals surface area contributed by atoms with E-state index in [1.807, 2.05) is 6.07 Å². The summed E-state index contributed by atoms with van der Waals surface area (Å²) in [4.78, 5) is 11.4. The number of carbonyl (C=O) groups is 1. The first-order valence-corrected chi connectivity index (χ1v) is 6.19. The molecule has 2 rings (SSSR count). The van der Waals surface area contributed by atoms with E-state index in [-0.39, 0.29) is 0 Å². The van der Waals surface area contributed by atoms with E-state index in [1.54, 1.807) is 6.26 Å². The molecule has 0 bridgehead atoms. The van der Waals surface area contributed by atoms with Crippen LogP contribution in [0.4, 0.5) is 0 Å². The van der Waals surface area contributed by atoms with Crippen molar-refractivity contribution in [3.63, 3.8) is 0 Å². The first-order valence-electron chi connectivity index (χ1n) is 5.40. The molecule has 0 aromatic carbocycles. The van der Waals surface area contributed by atoms with Gasteiger partial charge in [-0.15, -0.1) is 0 Å². The Morgan fingerprint density at radius 1 is 1.60 bits per heavy atom. The summed E-state index contributed by atoms with van der Waals surface area (Å²) in [5, 5.41) is 0. The molecule has 2 nitrogen and oxygen atoms in total. The van der Waals surface area contributed by atoms with Crippen LogP contribution in [0, 0.1) is 11.8 Å². The summed E-state index contributed by atoms with van der Waals surface area (Å²) in [5.41, 5.74) is 1.19. The lowest BCUT2D eigenvalue weighted by Gasteiger charge is -2.27. The zero-order valence-corrected chi connectivity index (χ0v) is 10.4. The minimum Gasteiger partial charge on any atom is -0.457 e. The van der Waals surface area contributed by atoms with Crippen LogP contribution < -0.4 is 0 Å². The molecule has 1 fully saturated rings. The molecule has 15 heavy (non-hydrogen) atoms. The van der Waals surface area contributed by atoms with Gasteiger partial charge in [0.1, 0.15) is 5.78 Å². The standard InChI is InChI=1S/C12H15BrO2/c1-8-2-3-11(14)6-10(8)4-9-5-12(13)15-7-9/h5,7-8,10H,2-4,6H2,1H3. The molecule has 0 radical (unpaired) electrons. The maximum Gasteiger partial charge on any atom is 0.169 e. The van der Waals surface area contributed by atoms with E-state index < -0.39 is 0 Å². The Labute approximate surface area is 98.2 Å². The van der Waals surface area contributed by atoms with Crippen molar-refractivity contribution in [2.45, 2.75) is 32.6 Å². The molecule has 0 saturated heterocycles. The molecule has 0 aliphatic heterocycles. The van der Waals surface area contributed by atoms with Crippen LogP contribution in [-0.4, -0.2) is 5.78 Å². The number of furan rings is 1. The maximum atomic E-state index is 11.4. The number of ketones is 1.